The van der Waals surface area contributed by atoms with Crippen LogP contribution in [0.25, 0.3) is 0 Å². The maximum atomic E-state index is 5.84. The van der Waals surface area contributed by atoms with E-state index in [1.165, 1.54) is 43.6 Å². The molecule has 0 spiro atoms. The largest absolute Gasteiger partial charge is 0.371 e. The molecule has 2 aliphatic heterocycles. The summed E-state index contributed by atoms with van der Waals surface area (Å²) in [6, 6.07) is 2.91. The number of fused-ring (bicyclic) bond motifs is 1. The topological polar surface area (TPSA) is 45.4 Å². The lowest BCUT2D eigenvalue weighted by Gasteiger charge is -2.47. The molecule has 2 fully saturated rings. The van der Waals surface area contributed by atoms with Gasteiger partial charge in [0.25, 0.3) is 0 Å². The lowest BCUT2D eigenvalue weighted by molar-refractivity contribution is 0.102. The highest BCUT2D eigenvalue weighted by Gasteiger charge is 2.34. The molecule has 2 saturated heterocycles. The van der Waals surface area contributed by atoms with Crippen molar-refractivity contribution in [1.82, 2.24) is 9.88 Å². The van der Waals surface area contributed by atoms with Crippen LogP contribution in [-0.4, -0.2) is 42.6 Å². The van der Waals surface area contributed by atoms with Crippen LogP contribution in [0.3, 0.4) is 0 Å². The summed E-state index contributed by atoms with van der Waals surface area (Å²) in [6.45, 7) is 4.16. The molecule has 2 N–H and O–H groups in total. The predicted octanol–water partition coefficient (Wildman–Crippen LogP) is 1.46. The van der Waals surface area contributed by atoms with E-state index in [4.69, 9.17) is 5.73 Å². The Hall–Kier alpha value is -1.13. The van der Waals surface area contributed by atoms with E-state index in [1.807, 2.05) is 12.4 Å². The van der Waals surface area contributed by atoms with Gasteiger partial charge >= 0.3 is 0 Å². The van der Waals surface area contributed by atoms with Crippen molar-refractivity contribution in [2.24, 2.45) is 11.7 Å². The number of rotatable bonds is 2. The Labute approximate surface area is 115 Å². The van der Waals surface area contributed by atoms with Crippen molar-refractivity contribution in [3.8, 4) is 0 Å². The molecule has 1 aromatic rings. The zero-order chi connectivity index (χ0) is 13.2. The number of nitrogens with zero attached hydrogens (tertiary/aromatic N) is 3. The molecule has 1 aromatic heterocycles. The van der Waals surface area contributed by atoms with Crippen LogP contribution < -0.4 is 10.6 Å². The molecule has 2 aliphatic rings. The number of nitrogens with two attached hydrogens (primary N) is 1. The maximum Gasteiger partial charge on any atom is 0.0442 e. The number of hydrogen-bond donors (Lipinski definition) is 1. The van der Waals surface area contributed by atoms with Crippen LogP contribution in [0.4, 0.5) is 5.69 Å². The fourth-order valence-corrected chi connectivity index (χ4v) is 3.76. The molecule has 3 heterocycles. The van der Waals surface area contributed by atoms with Gasteiger partial charge in [-0.05, 0) is 44.8 Å². The Balaban J connectivity index is 1.77. The van der Waals surface area contributed by atoms with E-state index >= 15 is 0 Å². The van der Waals surface area contributed by atoms with Gasteiger partial charge in [0, 0.05) is 49.3 Å². The van der Waals surface area contributed by atoms with Crippen molar-refractivity contribution in [2.75, 3.05) is 31.6 Å². The summed E-state index contributed by atoms with van der Waals surface area (Å²) in [5.74, 6) is 0.811. The second kappa shape index (κ2) is 5.47. The van der Waals surface area contributed by atoms with Crippen molar-refractivity contribution >= 4 is 5.69 Å². The van der Waals surface area contributed by atoms with Gasteiger partial charge in [-0.1, -0.05) is 0 Å². The van der Waals surface area contributed by atoms with Crippen LogP contribution in [0.5, 0.6) is 0 Å². The van der Waals surface area contributed by atoms with Crippen molar-refractivity contribution < 1.29 is 0 Å². The van der Waals surface area contributed by atoms with E-state index in [9.17, 15) is 0 Å². The smallest absolute Gasteiger partial charge is 0.0442 e. The summed E-state index contributed by atoms with van der Waals surface area (Å²) >= 11 is 0. The number of likely N-dealkylation sites (tertiary alicyclic amines) is 1. The molecule has 3 rings (SSSR count). The van der Waals surface area contributed by atoms with Gasteiger partial charge in [-0.2, -0.15) is 0 Å². The number of pyridine rings is 1. The third-order valence-corrected chi connectivity index (χ3v) is 4.78. The number of anilines is 1. The SMILES string of the molecule is CN1CCCC2CN(c3ccncc3CN)CCC21. The average Bonchev–Trinajstić information content (AvgIpc) is 2.47. The minimum atomic E-state index is 0.577. The first-order valence-corrected chi connectivity index (χ1v) is 7.37. The molecule has 0 bridgehead atoms. The highest BCUT2D eigenvalue weighted by atomic mass is 15.2. The fourth-order valence-electron chi connectivity index (χ4n) is 3.76. The van der Waals surface area contributed by atoms with Gasteiger partial charge in [-0.3, -0.25) is 4.98 Å². The summed E-state index contributed by atoms with van der Waals surface area (Å²) in [7, 11) is 2.28. The lowest BCUT2D eigenvalue weighted by Crippen LogP contribution is -2.52. The zero-order valence-corrected chi connectivity index (χ0v) is 11.8. The molecule has 2 unspecified atom stereocenters. The minimum Gasteiger partial charge on any atom is -0.371 e. The Morgan fingerprint density at radius 1 is 1.37 bits per heavy atom. The van der Waals surface area contributed by atoms with Gasteiger partial charge in [0.1, 0.15) is 0 Å². The van der Waals surface area contributed by atoms with Crippen molar-refractivity contribution in [1.29, 1.82) is 0 Å². The first kappa shape index (κ1) is 12.9. The number of hydrogen-bond acceptors (Lipinski definition) is 4. The molecule has 0 aliphatic carbocycles. The van der Waals surface area contributed by atoms with E-state index in [-0.39, 0.29) is 0 Å². The van der Waals surface area contributed by atoms with E-state index in [0.717, 1.165) is 18.5 Å². The van der Waals surface area contributed by atoms with E-state index in [2.05, 4.69) is 27.9 Å². The van der Waals surface area contributed by atoms with E-state index in [1.54, 1.807) is 0 Å². The molecule has 2 atom stereocenters. The van der Waals surface area contributed by atoms with E-state index in [0.29, 0.717) is 6.54 Å². The summed E-state index contributed by atoms with van der Waals surface area (Å²) in [6.07, 6.45) is 7.77. The summed E-state index contributed by atoms with van der Waals surface area (Å²) < 4.78 is 0. The average molecular weight is 260 g/mol. The fraction of sp³-hybridized carbons (Fsp3) is 0.667. The first-order valence-electron chi connectivity index (χ1n) is 7.37. The van der Waals surface area contributed by atoms with Gasteiger partial charge < -0.3 is 15.5 Å². The monoisotopic (exact) mass is 260 g/mol. The summed E-state index contributed by atoms with van der Waals surface area (Å²) in [5.41, 5.74) is 8.30. The van der Waals surface area contributed by atoms with E-state index < -0.39 is 0 Å². The van der Waals surface area contributed by atoms with Crippen LogP contribution in [0, 0.1) is 5.92 Å². The Morgan fingerprint density at radius 3 is 3.11 bits per heavy atom. The molecular formula is C15H24N4. The molecule has 104 valence electrons. The van der Waals surface area contributed by atoms with Gasteiger partial charge in [0.15, 0.2) is 0 Å². The summed E-state index contributed by atoms with van der Waals surface area (Å²) in [4.78, 5) is 9.27. The number of aromatic nitrogens is 1. The van der Waals surface area contributed by atoms with Crippen LogP contribution in [0.15, 0.2) is 18.5 Å². The highest BCUT2D eigenvalue weighted by molar-refractivity contribution is 5.52. The second-order valence-electron chi connectivity index (χ2n) is 5.89. The van der Waals surface area contributed by atoms with Gasteiger partial charge in [0.2, 0.25) is 0 Å². The standard InChI is InChI=1S/C15H24N4/c1-18-7-2-3-12-11-19(8-5-14(12)18)15-4-6-17-10-13(15)9-16/h4,6,10,12,14H,2-3,5,7-9,11,16H2,1H3. The third-order valence-electron chi connectivity index (χ3n) is 4.78. The third kappa shape index (κ3) is 2.47. The predicted molar refractivity (Wildman–Crippen MR) is 78.1 cm³/mol. The molecule has 4 nitrogen and oxygen atoms in total. The van der Waals surface area contributed by atoms with Crippen LogP contribution in [0.1, 0.15) is 24.8 Å². The molecule has 4 heteroatoms. The lowest BCUT2D eigenvalue weighted by atomic mass is 9.84. The summed E-state index contributed by atoms with van der Waals surface area (Å²) in [5, 5.41) is 0. The van der Waals surface area contributed by atoms with Crippen molar-refractivity contribution in [3.05, 3.63) is 24.0 Å². The van der Waals surface area contributed by atoms with Crippen molar-refractivity contribution in [2.45, 2.75) is 31.8 Å². The first-order chi connectivity index (χ1) is 9.29. The molecule has 19 heavy (non-hydrogen) atoms. The normalized spacial score (nSPS) is 28.2. The minimum absolute atomic E-state index is 0.577. The molecule has 0 aromatic carbocycles. The van der Waals surface area contributed by atoms with Crippen LogP contribution in [0.2, 0.25) is 0 Å². The Morgan fingerprint density at radius 2 is 2.26 bits per heavy atom. The zero-order valence-electron chi connectivity index (χ0n) is 11.8. The van der Waals surface area contributed by atoms with Crippen LogP contribution >= 0.6 is 0 Å². The molecule has 0 amide bonds. The Bertz CT molecular complexity index is 434. The van der Waals surface area contributed by atoms with Gasteiger partial charge in [0.05, 0.1) is 0 Å². The molecule has 0 radical (unpaired) electrons. The van der Waals surface area contributed by atoms with Crippen molar-refractivity contribution in [3.63, 3.8) is 0 Å². The molecular weight excluding hydrogens is 236 g/mol. The highest BCUT2D eigenvalue weighted by Crippen LogP contribution is 2.32. The number of piperidine rings is 2. The molecule has 0 saturated carbocycles. The maximum absolute atomic E-state index is 5.84. The van der Waals surface area contributed by atoms with Crippen LogP contribution in [-0.2, 0) is 6.54 Å². The second-order valence-corrected chi connectivity index (χ2v) is 5.89. The van der Waals surface area contributed by atoms with Gasteiger partial charge in [-0.15, -0.1) is 0 Å². The van der Waals surface area contributed by atoms with Gasteiger partial charge in [-0.25, -0.2) is 0 Å². The quantitative estimate of drug-likeness (QED) is 0.874. The Kier molecular flexibility index (Phi) is 3.71.